The summed E-state index contributed by atoms with van der Waals surface area (Å²) in [6.45, 7) is 2.03. The van der Waals surface area contributed by atoms with Gasteiger partial charge < -0.3 is 29.7 Å². The van der Waals surface area contributed by atoms with Gasteiger partial charge in [-0.2, -0.15) is 0 Å². The fourth-order valence-electron chi connectivity index (χ4n) is 7.44. The van der Waals surface area contributed by atoms with Gasteiger partial charge >= 0.3 is 0 Å². The normalized spacial score (nSPS) is 29.4. The monoisotopic (exact) mass is 591 g/mol. The Hall–Kier alpha value is -3.92. The molecule has 1 aliphatic carbocycles. The first-order chi connectivity index (χ1) is 20.7. The number of halogens is 1. The maximum absolute atomic E-state index is 14.3. The van der Waals surface area contributed by atoms with Crippen LogP contribution >= 0.6 is 0 Å². The lowest BCUT2D eigenvalue weighted by molar-refractivity contribution is -0.144. The predicted octanol–water partition coefficient (Wildman–Crippen LogP) is 4.01. The van der Waals surface area contributed by atoms with E-state index in [9.17, 15) is 18.8 Å². The van der Waals surface area contributed by atoms with E-state index in [1.165, 1.54) is 24.3 Å². The number of nitrogens with zero attached hydrogens (tertiary/aromatic N) is 1. The molecular formula is C33H38FN3O6. The van der Waals surface area contributed by atoms with Crippen LogP contribution in [0.15, 0.2) is 54.6 Å². The molecule has 2 N–H and O–H groups in total. The van der Waals surface area contributed by atoms with Crippen LogP contribution < -0.4 is 20.1 Å². The van der Waals surface area contributed by atoms with Gasteiger partial charge in [-0.3, -0.25) is 14.4 Å². The largest absolute Gasteiger partial charge is 0.493 e. The molecule has 3 heterocycles. The number of ether oxygens (including phenoxy) is 3. The number of nitrogens with one attached hydrogen (secondary N) is 2. The Morgan fingerprint density at radius 3 is 2.42 bits per heavy atom. The van der Waals surface area contributed by atoms with Gasteiger partial charge in [-0.1, -0.05) is 37.5 Å². The standard InChI is InChI=1S/C33H38FN3O6/c1-32-16-17-33(43-32)27(26(32)29(38)35-23-12-10-21(34)11-13-23)31(40)37(28(33)30(39)36-22-7-5-4-6-8-22)18-15-20-9-14-24(41-2)25(19-20)42-3/h9-14,16-17,19,22,26-28H,4-8,15,18H2,1-3H3,(H,35,38)(H,36,39)/t26-,27+,28-,32+,33-/m0/s1. The van der Waals surface area contributed by atoms with Crippen LogP contribution in [0.1, 0.15) is 44.6 Å². The molecule has 0 radical (unpaired) electrons. The van der Waals surface area contributed by atoms with Crippen LogP contribution in [0.2, 0.25) is 0 Å². The lowest BCUT2D eigenvalue weighted by atomic mass is 9.70. The van der Waals surface area contributed by atoms with Crippen molar-refractivity contribution in [2.75, 3.05) is 26.1 Å². The Kier molecular flexibility index (Phi) is 7.66. The van der Waals surface area contributed by atoms with Crippen molar-refractivity contribution in [2.45, 2.75) is 68.7 Å². The number of benzene rings is 2. The summed E-state index contributed by atoms with van der Waals surface area (Å²) in [4.78, 5) is 43.8. The molecule has 6 rings (SSSR count). The van der Waals surface area contributed by atoms with Crippen LogP contribution in [0.25, 0.3) is 0 Å². The summed E-state index contributed by atoms with van der Waals surface area (Å²) in [5, 5.41) is 6.06. The minimum atomic E-state index is -1.28. The van der Waals surface area contributed by atoms with Gasteiger partial charge in [0.25, 0.3) is 0 Å². The molecule has 3 fully saturated rings. The first-order valence-electron chi connectivity index (χ1n) is 15.0. The third-order valence-electron chi connectivity index (χ3n) is 9.48. The molecular weight excluding hydrogens is 553 g/mol. The Labute approximate surface area is 250 Å². The number of amides is 3. The number of likely N-dealkylation sites (tertiary alicyclic amines) is 1. The topological polar surface area (TPSA) is 106 Å². The van der Waals surface area contributed by atoms with Gasteiger partial charge in [0.05, 0.1) is 31.7 Å². The average molecular weight is 592 g/mol. The van der Waals surface area contributed by atoms with Gasteiger partial charge in [0, 0.05) is 18.3 Å². The van der Waals surface area contributed by atoms with E-state index in [1.54, 1.807) is 26.0 Å². The minimum Gasteiger partial charge on any atom is -0.493 e. The fraction of sp³-hybridized carbons (Fsp3) is 0.485. The second kappa shape index (κ2) is 11.3. The molecule has 3 aliphatic heterocycles. The Morgan fingerprint density at radius 1 is 1.00 bits per heavy atom. The van der Waals surface area contributed by atoms with Gasteiger partial charge in [-0.25, -0.2) is 4.39 Å². The first-order valence-corrected chi connectivity index (χ1v) is 15.0. The summed E-state index contributed by atoms with van der Waals surface area (Å²) in [6, 6.07) is 10.1. The highest BCUT2D eigenvalue weighted by atomic mass is 19.1. The van der Waals surface area contributed by atoms with Crippen LogP contribution in [0.4, 0.5) is 10.1 Å². The number of carbonyl (C=O) groups is 3. The molecule has 0 aromatic heterocycles. The highest BCUT2D eigenvalue weighted by Gasteiger charge is 2.76. The van der Waals surface area contributed by atoms with Crippen molar-refractivity contribution in [2.24, 2.45) is 11.8 Å². The van der Waals surface area contributed by atoms with Crippen molar-refractivity contribution >= 4 is 23.4 Å². The molecule has 1 saturated carbocycles. The molecule has 3 amide bonds. The smallest absolute Gasteiger partial charge is 0.246 e. The van der Waals surface area contributed by atoms with Crippen molar-refractivity contribution in [3.63, 3.8) is 0 Å². The summed E-state index contributed by atoms with van der Waals surface area (Å²) in [7, 11) is 3.13. The fourth-order valence-corrected chi connectivity index (χ4v) is 7.44. The van der Waals surface area contributed by atoms with Crippen molar-refractivity contribution in [3.8, 4) is 11.5 Å². The zero-order valence-corrected chi connectivity index (χ0v) is 24.7. The van der Waals surface area contributed by atoms with E-state index >= 15 is 0 Å². The SMILES string of the molecule is COc1ccc(CCN2C(=O)[C@H]3[C@@H](C(=O)Nc4ccc(F)cc4)[C@@]4(C)C=C[C@@]3(O4)[C@@H]2C(=O)NC2CCCCC2)cc1OC. The van der Waals surface area contributed by atoms with Gasteiger partial charge in [-0.05, 0) is 68.1 Å². The molecule has 1 spiro atoms. The number of anilines is 1. The number of methoxy groups -OCH3 is 2. The zero-order chi connectivity index (χ0) is 30.4. The van der Waals surface area contributed by atoms with E-state index in [0.29, 0.717) is 23.6 Å². The first kappa shape index (κ1) is 29.2. The molecule has 2 aromatic rings. The van der Waals surface area contributed by atoms with Crippen molar-refractivity contribution in [3.05, 3.63) is 66.0 Å². The average Bonchev–Trinajstić information content (AvgIpc) is 3.57. The minimum absolute atomic E-state index is 0.0373. The van der Waals surface area contributed by atoms with E-state index < -0.39 is 40.8 Å². The summed E-state index contributed by atoms with van der Waals surface area (Å²) in [5.41, 5.74) is -1.04. The zero-order valence-electron chi connectivity index (χ0n) is 24.7. The Balaban J connectivity index is 1.31. The summed E-state index contributed by atoms with van der Waals surface area (Å²) in [6.07, 6.45) is 9.11. The Bertz CT molecular complexity index is 1440. The number of hydrogen-bond acceptors (Lipinski definition) is 6. The molecule has 4 aliphatic rings. The summed E-state index contributed by atoms with van der Waals surface area (Å²) < 4.78 is 30.9. The van der Waals surface area contributed by atoms with Crippen molar-refractivity contribution < 1.29 is 33.0 Å². The molecule has 5 atom stereocenters. The van der Waals surface area contributed by atoms with Gasteiger partial charge in [0.15, 0.2) is 11.5 Å². The number of fused-ring (bicyclic) bond motifs is 1. The van der Waals surface area contributed by atoms with Crippen molar-refractivity contribution in [1.29, 1.82) is 0 Å². The third kappa shape index (κ3) is 5.05. The Morgan fingerprint density at radius 2 is 1.72 bits per heavy atom. The van der Waals surface area contributed by atoms with E-state index in [4.69, 9.17) is 14.2 Å². The molecule has 2 saturated heterocycles. The van der Waals surface area contributed by atoms with Crippen LogP contribution in [0.3, 0.4) is 0 Å². The predicted molar refractivity (Wildman–Crippen MR) is 157 cm³/mol. The lowest BCUT2D eigenvalue weighted by Crippen LogP contribution is -2.57. The highest BCUT2D eigenvalue weighted by Crippen LogP contribution is 2.59. The number of rotatable bonds is 9. The molecule has 43 heavy (non-hydrogen) atoms. The molecule has 2 bridgehead atoms. The second-order valence-corrected chi connectivity index (χ2v) is 12.1. The van der Waals surface area contributed by atoms with Crippen LogP contribution in [-0.4, -0.2) is 66.7 Å². The lowest BCUT2D eigenvalue weighted by Gasteiger charge is -2.34. The maximum atomic E-state index is 14.3. The summed E-state index contributed by atoms with van der Waals surface area (Å²) in [5.74, 6) is -1.99. The van der Waals surface area contributed by atoms with Gasteiger partial charge in [0.2, 0.25) is 17.7 Å². The maximum Gasteiger partial charge on any atom is 0.246 e. The summed E-state index contributed by atoms with van der Waals surface area (Å²) >= 11 is 0. The van der Waals surface area contributed by atoms with E-state index in [1.807, 2.05) is 30.4 Å². The van der Waals surface area contributed by atoms with Gasteiger partial charge in [-0.15, -0.1) is 0 Å². The van der Waals surface area contributed by atoms with E-state index in [-0.39, 0.29) is 24.4 Å². The van der Waals surface area contributed by atoms with E-state index in [2.05, 4.69) is 10.6 Å². The van der Waals surface area contributed by atoms with Crippen molar-refractivity contribution in [1.82, 2.24) is 10.2 Å². The molecule has 9 nitrogen and oxygen atoms in total. The van der Waals surface area contributed by atoms with E-state index in [0.717, 1.165) is 37.7 Å². The van der Waals surface area contributed by atoms with Crippen LogP contribution in [-0.2, 0) is 25.5 Å². The second-order valence-electron chi connectivity index (χ2n) is 12.1. The van der Waals surface area contributed by atoms with Gasteiger partial charge in [0.1, 0.15) is 17.5 Å². The molecule has 10 heteroatoms. The quantitative estimate of drug-likeness (QED) is 0.427. The molecule has 0 unspecified atom stereocenters. The number of carbonyl (C=O) groups excluding carboxylic acids is 3. The van der Waals surface area contributed by atoms with Crippen LogP contribution in [0.5, 0.6) is 11.5 Å². The third-order valence-corrected chi connectivity index (χ3v) is 9.48. The molecule has 2 aromatic carbocycles. The molecule has 228 valence electrons. The van der Waals surface area contributed by atoms with Crippen LogP contribution in [0, 0.1) is 17.7 Å². The highest BCUT2D eigenvalue weighted by molar-refractivity contribution is 6.03. The number of hydrogen-bond donors (Lipinski definition) is 2.